The first-order chi connectivity index (χ1) is 8.67. The molecule has 0 saturated carbocycles. The molecular formula is C14H19ClN2O. The Morgan fingerprint density at radius 1 is 1.39 bits per heavy atom. The quantitative estimate of drug-likeness (QED) is 0.874. The van der Waals surface area contributed by atoms with Crippen molar-refractivity contribution in [3.8, 4) is 0 Å². The van der Waals surface area contributed by atoms with E-state index in [0.717, 1.165) is 35.5 Å². The molecule has 0 aliphatic heterocycles. The van der Waals surface area contributed by atoms with Crippen LogP contribution in [0.15, 0.2) is 18.3 Å². The lowest BCUT2D eigenvalue weighted by Gasteiger charge is -2.04. The predicted octanol–water partition coefficient (Wildman–Crippen LogP) is 2.49. The van der Waals surface area contributed by atoms with Crippen LogP contribution in [-0.2, 0) is 13.0 Å². The van der Waals surface area contributed by atoms with E-state index in [2.05, 4.69) is 16.8 Å². The number of aliphatic hydroxyl groups is 1. The van der Waals surface area contributed by atoms with Crippen molar-refractivity contribution in [1.29, 1.82) is 0 Å². The molecule has 1 aromatic carbocycles. The highest BCUT2D eigenvalue weighted by molar-refractivity contribution is 6.32. The maximum atomic E-state index is 8.96. The van der Waals surface area contributed by atoms with Crippen molar-refractivity contribution < 1.29 is 5.11 Å². The number of nitrogens with zero attached hydrogens (tertiary/aromatic N) is 1. The van der Waals surface area contributed by atoms with Crippen LogP contribution < -0.4 is 5.73 Å². The molecule has 18 heavy (non-hydrogen) atoms. The van der Waals surface area contributed by atoms with Crippen molar-refractivity contribution >= 4 is 22.5 Å². The monoisotopic (exact) mass is 266 g/mol. The number of benzene rings is 1. The van der Waals surface area contributed by atoms with Crippen LogP contribution >= 0.6 is 11.6 Å². The maximum Gasteiger partial charge on any atom is 0.0498 e. The minimum Gasteiger partial charge on any atom is -0.396 e. The highest BCUT2D eigenvalue weighted by Crippen LogP contribution is 2.28. The number of nitrogens with two attached hydrogens (primary N) is 1. The number of hydrogen-bond donors (Lipinski definition) is 2. The third-order valence-electron chi connectivity index (χ3n) is 3.22. The zero-order valence-corrected chi connectivity index (χ0v) is 11.4. The van der Waals surface area contributed by atoms with Gasteiger partial charge in [-0.25, -0.2) is 0 Å². The lowest BCUT2D eigenvalue weighted by atomic mass is 10.1. The molecule has 0 atom stereocenters. The molecule has 0 spiro atoms. The Bertz CT molecular complexity index is 548. The number of halogens is 1. The standard InChI is InChI=1S/C14H19ClN2O/c1-10-7-12-11(3-2-6-18)9-17(5-4-16)14(12)8-13(10)15/h7-9,18H,2-6,16H2,1H3. The molecule has 0 radical (unpaired) electrons. The van der Waals surface area contributed by atoms with E-state index in [9.17, 15) is 0 Å². The van der Waals surface area contributed by atoms with E-state index in [4.69, 9.17) is 22.4 Å². The van der Waals surface area contributed by atoms with Gasteiger partial charge >= 0.3 is 0 Å². The number of aromatic nitrogens is 1. The second kappa shape index (κ2) is 5.74. The van der Waals surface area contributed by atoms with E-state index < -0.39 is 0 Å². The van der Waals surface area contributed by atoms with Gasteiger partial charge in [-0.05, 0) is 43.0 Å². The lowest BCUT2D eigenvalue weighted by molar-refractivity contribution is 0.288. The zero-order chi connectivity index (χ0) is 13.1. The number of aliphatic hydroxyl groups excluding tert-OH is 1. The number of hydrogen-bond acceptors (Lipinski definition) is 2. The molecule has 0 amide bonds. The summed E-state index contributed by atoms with van der Waals surface area (Å²) in [4.78, 5) is 0. The molecule has 3 nitrogen and oxygen atoms in total. The van der Waals surface area contributed by atoms with Crippen LogP contribution in [0.2, 0.25) is 5.02 Å². The van der Waals surface area contributed by atoms with Crippen LogP contribution in [0.1, 0.15) is 17.5 Å². The van der Waals surface area contributed by atoms with Crippen LogP contribution in [0, 0.1) is 6.92 Å². The molecule has 2 rings (SSSR count). The smallest absolute Gasteiger partial charge is 0.0498 e. The summed E-state index contributed by atoms with van der Waals surface area (Å²) < 4.78 is 2.15. The van der Waals surface area contributed by atoms with E-state index in [1.165, 1.54) is 10.9 Å². The molecule has 0 bridgehead atoms. The Morgan fingerprint density at radius 2 is 2.17 bits per heavy atom. The van der Waals surface area contributed by atoms with Crippen molar-refractivity contribution in [2.75, 3.05) is 13.2 Å². The summed E-state index contributed by atoms with van der Waals surface area (Å²) >= 11 is 6.19. The Labute approximate surface area is 112 Å². The molecule has 98 valence electrons. The summed E-state index contributed by atoms with van der Waals surface area (Å²) in [5.41, 5.74) is 9.10. The molecule has 0 aliphatic rings. The van der Waals surface area contributed by atoms with Crippen molar-refractivity contribution in [3.63, 3.8) is 0 Å². The third kappa shape index (κ3) is 2.53. The summed E-state index contributed by atoms with van der Waals surface area (Å²) in [5.74, 6) is 0. The Kier molecular flexibility index (Phi) is 4.27. The van der Waals surface area contributed by atoms with Crippen LogP contribution in [0.3, 0.4) is 0 Å². The molecule has 0 unspecified atom stereocenters. The fourth-order valence-electron chi connectivity index (χ4n) is 2.29. The van der Waals surface area contributed by atoms with Crippen LogP contribution in [0.4, 0.5) is 0 Å². The average molecular weight is 267 g/mol. The minimum atomic E-state index is 0.218. The highest BCUT2D eigenvalue weighted by atomic mass is 35.5. The third-order valence-corrected chi connectivity index (χ3v) is 3.63. The summed E-state index contributed by atoms with van der Waals surface area (Å²) in [6, 6.07) is 4.13. The van der Waals surface area contributed by atoms with Gasteiger partial charge < -0.3 is 15.4 Å². The maximum absolute atomic E-state index is 8.96. The molecular weight excluding hydrogens is 248 g/mol. The first-order valence-electron chi connectivity index (χ1n) is 6.26. The van der Waals surface area contributed by atoms with Crippen LogP contribution in [0.25, 0.3) is 10.9 Å². The van der Waals surface area contributed by atoms with E-state index in [-0.39, 0.29) is 6.61 Å². The van der Waals surface area contributed by atoms with Crippen LogP contribution in [-0.4, -0.2) is 22.8 Å². The molecule has 0 saturated heterocycles. The summed E-state index contributed by atoms with van der Waals surface area (Å²) in [5, 5.41) is 11.0. The summed E-state index contributed by atoms with van der Waals surface area (Å²) in [7, 11) is 0. The van der Waals surface area contributed by atoms with E-state index in [0.29, 0.717) is 6.54 Å². The Morgan fingerprint density at radius 3 is 2.83 bits per heavy atom. The van der Waals surface area contributed by atoms with Crippen molar-refractivity contribution in [2.45, 2.75) is 26.3 Å². The van der Waals surface area contributed by atoms with Gasteiger partial charge in [0, 0.05) is 41.8 Å². The van der Waals surface area contributed by atoms with Crippen molar-refractivity contribution in [3.05, 3.63) is 34.5 Å². The zero-order valence-electron chi connectivity index (χ0n) is 10.6. The highest BCUT2D eigenvalue weighted by Gasteiger charge is 2.10. The van der Waals surface area contributed by atoms with E-state index >= 15 is 0 Å². The van der Waals surface area contributed by atoms with E-state index in [1.54, 1.807) is 0 Å². The first kappa shape index (κ1) is 13.4. The fraction of sp³-hybridized carbons (Fsp3) is 0.429. The number of aryl methyl sites for hydroxylation is 2. The van der Waals surface area contributed by atoms with Gasteiger partial charge in [-0.1, -0.05) is 11.6 Å². The molecule has 3 N–H and O–H groups in total. The summed E-state index contributed by atoms with van der Waals surface area (Å²) in [6.07, 6.45) is 3.79. The molecule has 2 aromatic rings. The molecule has 1 aromatic heterocycles. The molecule has 0 fully saturated rings. The predicted molar refractivity (Wildman–Crippen MR) is 76.1 cm³/mol. The van der Waals surface area contributed by atoms with Crippen molar-refractivity contribution in [2.24, 2.45) is 5.73 Å². The minimum absolute atomic E-state index is 0.218. The van der Waals surface area contributed by atoms with Gasteiger partial charge in [0.15, 0.2) is 0 Å². The normalized spacial score (nSPS) is 11.3. The summed E-state index contributed by atoms with van der Waals surface area (Å²) in [6.45, 7) is 3.62. The Hall–Kier alpha value is -1.03. The topological polar surface area (TPSA) is 51.2 Å². The van der Waals surface area contributed by atoms with E-state index in [1.807, 2.05) is 13.0 Å². The lowest BCUT2D eigenvalue weighted by Crippen LogP contribution is -2.08. The van der Waals surface area contributed by atoms with Crippen LogP contribution in [0.5, 0.6) is 0 Å². The van der Waals surface area contributed by atoms with Gasteiger partial charge in [0.2, 0.25) is 0 Å². The van der Waals surface area contributed by atoms with Gasteiger partial charge in [-0.2, -0.15) is 0 Å². The Balaban J connectivity index is 2.53. The second-order valence-electron chi connectivity index (χ2n) is 4.58. The molecule has 4 heteroatoms. The van der Waals surface area contributed by atoms with Gasteiger partial charge in [0.1, 0.15) is 0 Å². The number of fused-ring (bicyclic) bond motifs is 1. The average Bonchev–Trinajstić information content (AvgIpc) is 2.66. The SMILES string of the molecule is Cc1cc2c(CCCO)cn(CCN)c2cc1Cl. The second-order valence-corrected chi connectivity index (χ2v) is 4.99. The van der Waals surface area contributed by atoms with Gasteiger partial charge in [-0.3, -0.25) is 0 Å². The molecule has 0 aliphatic carbocycles. The first-order valence-corrected chi connectivity index (χ1v) is 6.64. The van der Waals surface area contributed by atoms with Gasteiger partial charge in [0.25, 0.3) is 0 Å². The van der Waals surface area contributed by atoms with Gasteiger partial charge in [0.05, 0.1) is 0 Å². The number of rotatable bonds is 5. The largest absolute Gasteiger partial charge is 0.396 e. The molecule has 1 heterocycles. The fourth-order valence-corrected chi connectivity index (χ4v) is 2.44. The van der Waals surface area contributed by atoms with Gasteiger partial charge in [-0.15, -0.1) is 0 Å². The van der Waals surface area contributed by atoms with Crippen molar-refractivity contribution in [1.82, 2.24) is 4.57 Å².